The van der Waals surface area contributed by atoms with Crippen molar-refractivity contribution in [2.45, 2.75) is 39.7 Å². The molecular weight excluding hydrogens is 230 g/mol. The van der Waals surface area contributed by atoms with Crippen LogP contribution >= 0.6 is 0 Å². The minimum atomic E-state index is -0.584. The Balaban J connectivity index is 2.21. The lowest BCUT2D eigenvalue weighted by Gasteiger charge is -2.21. The summed E-state index contributed by atoms with van der Waals surface area (Å²) >= 11 is 0. The molecule has 0 unspecified atom stereocenters. The minimum Gasteiger partial charge on any atom is -0.469 e. The molecule has 2 rings (SSSR count). The zero-order chi connectivity index (χ0) is 13.3. The van der Waals surface area contributed by atoms with Crippen molar-refractivity contribution >= 4 is 11.8 Å². The van der Waals surface area contributed by atoms with Crippen LogP contribution < -0.4 is 0 Å². The molecule has 4 nitrogen and oxygen atoms in total. The van der Waals surface area contributed by atoms with Gasteiger partial charge in [0.05, 0.1) is 12.5 Å². The molecule has 0 aliphatic heterocycles. The Labute approximate surface area is 107 Å². The van der Waals surface area contributed by atoms with Crippen LogP contribution in [-0.4, -0.2) is 23.4 Å². The van der Waals surface area contributed by atoms with Crippen molar-refractivity contribution in [3.63, 3.8) is 0 Å². The Morgan fingerprint density at radius 1 is 1.39 bits per heavy atom. The number of aromatic nitrogens is 1. The summed E-state index contributed by atoms with van der Waals surface area (Å²) in [5.74, 6) is -0.0219. The van der Waals surface area contributed by atoms with Gasteiger partial charge in [-0.15, -0.1) is 0 Å². The fourth-order valence-electron chi connectivity index (χ4n) is 2.47. The molecule has 0 bridgehead atoms. The molecule has 1 heterocycles. The van der Waals surface area contributed by atoms with Gasteiger partial charge >= 0.3 is 5.97 Å². The second-order valence-electron chi connectivity index (χ2n) is 5.52. The summed E-state index contributed by atoms with van der Waals surface area (Å²) < 4.78 is 6.73. The number of ether oxygens (including phenoxy) is 1. The fraction of sp³-hybridized carbons (Fsp3) is 0.571. The van der Waals surface area contributed by atoms with E-state index in [0.29, 0.717) is 13.0 Å². The molecule has 0 saturated heterocycles. The van der Waals surface area contributed by atoms with Crippen LogP contribution in [0.4, 0.5) is 0 Å². The van der Waals surface area contributed by atoms with Gasteiger partial charge < -0.3 is 9.30 Å². The molecule has 4 heteroatoms. The van der Waals surface area contributed by atoms with Crippen LogP contribution in [0, 0.1) is 5.41 Å². The smallest absolute Gasteiger partial charge is 0.313 e. The number of esters is 1. The highest BCUT2D eigenvalue weighted by Gasteiger charge is 2.30. The van der Waals surface area contributed by atoms with E-state index in [-0.39, 0.29) is 11.8 Å². The Kier molecular flexibility index (Phi) is 3.28. The molecule has 0 aromatic carbocycles. The number of rotatable bonds is 3. The number of fused-ring (bicyclic) bond motifs is 1. The van der Waals surface area contributed by atoms with Crippen LogP contribution in [0.15, 0.2) is 12.4 Å². The maximum Gasteiger partial charge on any atom is 0.313 e. The van der Waals surface area contributed by atoms with Gasteiger partial charge in [-0.1, -0.05) is 0 Å². The van der Waals surface area contributed by atoms with Gasteiger partial charge in [0.1, 0.15) is 0 Å². The van der Waals surface area contributed by atoms with Crippen LogP contribution in [0.5, 0.6) is 0 Å². The van der Waals surface area contributed by atoms with Crippen molar-refractivity contribution in [3.05, 3.63) is 23.5 Å². The average molecular weight is 249 g/mol. The molecule has 1 aromatic rings. The first-order chi connectivity index (χ1) is 8.44. The molecular formula is C14H19NO3. The monoisotopic (exact) mass is 249 g/mol. The molecule has 18 heavy (non-hydrogen) atoms. The summed E-state index contributed by atoms with van der Waals surface area (Å²) in [5.41, 5.74) is 1.34. The third kappa shape index (κ3) is 2.33. The van der Waals surface area contributed by atoms with Crippen molar-refractivity contribution in [2.75, 3.05) is 7.11 Å². The van der Waals surface area contributed by atoms with Crippen LogP contribution in [0.2, 0.25) is 0 Å². The highest BCUT2D eigenvalue weighted by Crippen LogP contribution is 2.25. The first kappa shape index (κ1) is 12.9. The van der Waals surface area contributed by atoms with E-state index in [1.165, 1.54) is 7.11 Å². The van der Waals surface area contributed by atoms with E-state index in [1.54, 1.807) is 0 Å². The largest absolute Gasteiger partial charge is 0.469 e. The molecule has 0 amide bonds. The lowest BCUT2D eigenvalue weighted by atomic mass is 9.94. The quantitative estimate of drug-likeness (QED) is 0.772. The Hall–Kier alpha value is -1.58. The van der Waals surface area contributed by atoms with E-state index in [9.17, 15) is 9.59 Å². The van der Waals surface area contributed by atoms with Gasteiger partial charge in [0.25, 0.3) is 0 Å². The van der Waals surface area contributed by atoms with E-state index < -0.39 is 5.41 Å². The number of hydrogen-bond acceptors (Lipinski definition) is 3. The standard InChI is InChI=1S/C14H19NO3/c1-14(2,13(17)18-3)9-15-7-10-5-4-6-12(16)11(10)8-15/h7-8H,4-6,9H2,1-3H3. The lowest BCUT2D eigenvalue weighted by molar-refractivity contribution is -0.151. The summed E-state index contributed by atoms with van der Waals surface area (Å²) in [6, 6.07) is 0. The summed E-state index contributed by atoms with van der Waals surface area (Å²) in [7, 11) is 1.40. The van der Waals surface area contributed by atoms with Crippen molar-refractivity contribution in [1.82, 2.24) is 4.57 Å². The summed E-state index contributed by atoms with van der Waals surface area (Å²) in [5, 5.41) is 0. The number of carbonyl (C=O) groups excluding carboxylic acids is 2. The van der Waals surface area contributed by atoms with Crippen LogP contribution in [0.1, 0.15) is 42.6 Å². The van der Waals surface area contributed by atoms with Crippen molar-refractivity contribution in [3.8, 4) is 0 Å². The van der Waals surface area contributed by atoms with Gasteiger partial charge in [-0.3, -0.25) is 9.59 Å². The fourth-order valence-corrected chi connectivity index (χ4v) is 2.47. The predicted octanol–water partition coefficient (Wildman–Crippen LogP) is 2.21. The number of carbonyl (C=O) groups is 2. The van der Waals surface area contributed by atoms with E-state index in [2.05, 4.69) is 0 Å². The summed E-state index contributed by atoms with van der Waals surface area (Å²) in [4.78, 5) is 23.4. The van der Waals surface area contributed by atoms with E-state index in [0.717, 1.165) is 24.0 Å². The molecule has 0 radical (unpaired) electrons. The number of hydrogen-bond donors (Lipinski definition) is 0. The van der Waals surface area contributed by atoms with Gasteiger partial charge in [0, 0.05) is 30.9 Å². The predicted molar refractivity (Wildman–Crippen MR) is 67.5 cm³/mol. The first-order valence-electron chi connectivity index (χ1n) is 6.24. The molecule has 0 N–H and O–H groups in total. The second-order valence-corrected chi connectivity index (χ2v) is 5.52. The van der Waals surface area contributed by atoms with Crippen molar-refractivity contribution in [1.29, 1.82) is 0 Å². The van der Waals surface area contributed by atoms with Gasteiger partial charge in [0.15, 0.2) is 5.78 Å². The molecule has 0 saturated carbocycles. The van der Waals surface area contributed by atoms with Crippen LogP contribution in [0.3, 0.4) is 0 Å². The molecule has 1 aromatic heterocycles. The average Bonchev–Trinajstić information content (AvgIpc) is 2.71. The maximum atomic E-state index is 11.7. The number of methoxy groups -OCH3 is 1. The molecule has 1 aliphatic rings. The maximum absolute atomic E-state index is 11.7. The molecule has 1 aliphatic carbocycles. The molecule has 98 valence electrons. The van der Waals surface area contributed by atoms with Crippen LogP contribution in [0.25, 0.3) is 0 Å². The summed E-state index contributed by atoms with van der Waals surface area (Å²) in [6.45, 7) is 4.22. The summed E-state index contributed by atoms with van der Waals surface area (Å²) in [6.07, 6.45) is 6.36. The highest BCUT2D eigenvalue weighted by atomic mass is 16.5. The molecule has 0 spiro atoms. The Morgan fingerprint density at radius 2 is 2.11 bits per heavy atom. The van der Waals surface area contributed by atoms with E-state index >= 15 is 0 Å². The third-order valence-corrected chi connectivity index (χ3v) is 3.43. The number of ketones is 1. The van der Waals surface area contributed by atoms with Crippen molar-refractivity contribution < 1.29 is 14.3 Å². The van der Waals surface area contributed by atoms with Gasteiger partial charge in [-0.25, -0.2) is 0 Å². The van der Waals surface area contributed by atoms with Crippen molar-refractivity contribution in [2.24, 2.45) is 5.41 Å². The molecule has 0 atom stereocenters. The van der Waals surface area contributed by atoms with E-state index in [1.807, 2.05) is 30.8 Å². The van der Waals surface area contributed by atoms with Gasteiger partial charge in [-0.2, -0.15) is 0 Å². The Bertz CT molecular complexity index is 485. The zero-order valence-corrected chi connectivity index (χ0v) is 11.2. The molecule has 0 fully saturated rings. The number of Topliss-reactive ketones (excluding diaryl/α,β-unsaturated/α-hetero) is 1. The van der Waals surface area contributed by atoms with E-state index in [4.69, 9.17) is 4.74 Å². The normalized spacial score (nSPS) is 15.4. The highest BCUT2D eigenvalue weighted by molar-refractivity contribution is 5.98. The minimum absolute atomic E-state index is 0.214. The lowest BCUT2D eigenvalue weighted by Crippen LogP contribution is -2.30. The SMILES string of the molecule is COC(=O)C(C)(C)Cn1cc2c(c1)C(=O)CCC2. The second kappa shape index (κ2) is 4.59. The van der Waals surface area contributed by atoms with Gasteiger partial charge in [0.2, 0.25) is 0 Å². The number of aryl methyl sites for hydroxylation is 1. The first-order valence-corrected chi connectivity index (χ1v) is 6.24. The third-order valence-electron chi connectivity index (χ3n) is 3.43. The zero-order valence-electron chi connectivity index (χ0n) is 11.2. The van der Waals surface area contributed by atoms with Crippen LogP contribution in [-0.2, 0) is 22.5 Å². The Morgan fingerprint density at radius 3 is 2.72 bits per heavy atom. The van der Waals surface area contributed by atoms with Gasteiger partial charge in [-0.05, 0) is 32.3 Å². The topological polar surface area (TPSA) is 48.3 Å². The number of nitrogens with zero attached hydrogens (tertiary/aromatic N) is 1.